The van der Waals surface area contributed by atoms with Gasteiger partial charge in [0.05, 0.1) is 5.56 Å². The minimum Gasteiger partial charge on any atom is -0.356 e. The summed E-state index contributed by atoms with van der Waals surface area (Å²) in [6.45, 7) is 3.59. The number of carbonyl (C=O) groups excluding carboxylic acids is 1. The molecule has 0 aliphatic carbocycles. The molecule has 0 aromatic carbocycles. The van der Waals surface area contributed by atoms with Crippen LogP contribution in [0, 0.1) is 0 Å². The Labute approximate surface area is 89.9 Å². The first-order valence-corrected chi connectivity index (χ1v) is 5.39. The average Bonchev–Trinajstić information content (AvgIpc) is 2.53. The zero-order chi connectivity index (χ0) is 10.7. The lowest BCUT2D eigenvalue weighted by Crippen LogP contribution is -2.33. The molecule has 4 heteroatoms. The number of aryl methyl sites for hydroxylation is 1. The highest BCUT2D eigenvalue weighted by Crippen LogP contribution is 2.06. The Morgan fingerprint density at radius 3 is 3.00 bits per heavy atom. The first-order valence-electron chi connectivity index (χ1n) is 5.39. The van der Waals surface area contributed by atoms with Crippen molar-refractivity contribution in [2.45, 2.75) is 6.42 Å². The highest BCUT2D eigenvalue weighted by molar-refractivity contribution is 5.94. The van der Waals surface area contributed by atoms with E-state index in [1.54, 1.807) is 0 Å². The number of nitrogens with one attached hydrogen (secondary N) is 1. The third kappa shape index (κ3) is 2.39. The fraction of sp³-hybridized carbons (Fsp3) is 0.545. The van der Waals surface area contributed by atoms with E-state index >= 15 is 0 Å². The molecular formula is C11H17N3O. The maximum Gasteiger partial charge on any atom is 0.255 e. The van der Waals surface area contributed by atoms with Crippen LogP contribution in [0.15, 0.2) is 18.5 Å². The van der Waals surface area contributed by atoms with Gasteiger partial charge in [0.25, 0.3) is 5.91 Å². The number of hydrogen-bond acceptors (Lipinski definition) is 2. The van der Waals surface area contributed by atoms with Crippen molar-refractivity contribution >= 4 is 5.91 Å². The van der Waals surface area contributed by atoms with Gasteiger partial charge >= 0.3 is 0 Å². The van der Waals surface area contributed by atoms with Gasteiger partial charge in [0.1, 0.15) is 0 Å². The van der Waals surface area contributed by atoms with E-state index in [1.807, 2.05) is 35.0 Å². The van der Waals surface area contributed by atoms with Crippen LogP contribution in [-0.4, -0.2) is 41.6 Å². The van der Waals surface area contributed by atoms with Crippen LogP contribution < -0.4 is 5.32 Å². The molecule has 1 saturated heterocycles. The Hall–Kier alpha value is -1.29. The molecule has 0 unspecified atom stereocenters. The third-order valence-electron chi connectivity index (χ3n) is 2.71. The molecule has 1 aromatic rings. The molecule has 0 saturated carbocycles. The topological polar surface area (TPSA) is 37.3 Å². The van der Waals surface area contributed by atoms with Crippen molar-refractivity contribution < 1.29 is 4.79 Å². The van der Waals surface area contributed by atoms with E-state index in [0.29, 0.717) is 0 Å². The first kappa shape index (κ1) is 10.2. The number of aromatic nitrogens is 1. The van der Waals surface area contributed by atoms with Crippen LogP contribution in [0.3, 0.4) is 0 Å². The smallest absolute Gasteiger partial charge is 0.255 e. The van der Waals surface area contributed by atoms with Gasteiger partial charge in [-0.15, -0.1) is 0 Å². The largest absolute Gasteiger partial charge is 0.356 e. The molecule has 1 fully saturated rings. The van der Waals surface area contributed by atoms with Crippen LogP contribution >= 0.6 is 0 Å². The summed E-state index contributed by atoms with van der Waals surface area (Å²) in [6.07, 6.45) is 4.82. The van der Waals surface area contributed by atoms with Crippen molar-refractivity contribution in [2.75, 3.05) is 26.2 Å². The summed E-state index contributed by atoms with van der Waals surface area (Å²) in [5.74, 6) is 0.152. The zero-order valence-corrected chi connectivity index (χ0v) is 9.07. The molecule has 0 spiro atoms. The van der Waals surface area contributed by atoms with Crippen LogP contribution in [0.1, 0.15) is 16.8 Å². The highest BCUT2D eigenvalue weighted by atomic mass is 16.2. The number of amides is 1. The summed E-state index contributed by atoms with van der Waals surface area (Å²) in [5.41, 5.74) is 0.791. The van der Waals surface area contributed by atoms with Crippen LogP contribution in [-0.2, 0) is 7.05 Å². The van der Waals surface area contributed by atoms with E-state index < -0.39 is 0 Å². The average molecular weight is 207 g/mol. The Bertz CT molecular complexity index is 337. The molecule has 82 valence electrons. The summed E-state index contributed by atoms with van der Waals surface area (Å²) in [7, 11) is 1.93. The van der Waals surface area contributed by atoms with Gasteiger partial charge in [0.2, 0.25) is 0 Å². The summed E-state index contributed by atoms with van der Waals surface area (Å²) < 4.78 is 1.91. The molecule has 2 rings (SSSR count). The third-order valence-corrected chi connectivity index (χ3v) is 2.71. The predicted octanol–water partition coefficient (Wildman–Crippen LogP) is 0.461. The summed E-state index contributed by atoms with van der Waals surface area (Å²) in [4.78, 5) is 14.0. The van der Waals surface area contributed by atoms with E-state index in [-0.39, 0.29) is 5.91 Å². The van der Waals surface area contributed by atoms with E-state index in [9.17, 15) is 4.79 Å². The number of carbonyl (C=O) groups is 1. The molecule has 1 amide bonds. The maximum absolute atomic E-state index is 12.1. The quantitative estimate of drug-likeness (QED) is 0.726. The second-order valence-corrected chi connectivity index (χ2v) is 3.96. The Balaban J connectivity index is 2.06. The van der Waals surface area contributed by atoms with Gasteiger partial charge < -0.3 is 14.8 Å². The molecule has 0 bridgehead atoms. The summed E-state index contributed by atoms with van der Waals surface area (Å²) in [6, 6.07) is 1.88. The molecule has 2 heterocycles. The van der Waals surface area contributed by atoms with E-state index in [2.05, 4.69) is 5.32 Å². The zero-order valence-electron chi connectivity index (χ0n) is 9.07. The van der Waals surface area contributed by atoms with Crippen LogP contribution in [0.25, 0.3) is 0 Å². The SMILES string of the molecule is Cn1ccc(C(=O)N2CCCNCC2)c1. The lowest BCUT2D eigenvalue weighted by Gasteiger charge is -2.19. The molecule has 1 aliphatic heterocycles. The molecule has 0 atom stereocenters. The van der Waals surface area contributed by atoms with Crippen LogP contribution in [0.5, 0.6) is 0 Å². The molecule has 1 aromatic heterocycles. The fourth-order valence-corrected chi connectivity index (χ4v) is 1.86. The molecular weight excluding hydrogens is 190 g/mol. The van der Waals surface area contributed by atoms with Crippen molar-refractivity contribution in [1.29, 1.82) is 0 Å². The summed E-state index contributed by atoms with van der Waals surface area (Å²) in [5, 5.41) is 3.29. The first-order chi connectivity index (χ1) is 7.27. The van der Waals surface area contributed by atoms with E-state index in [4.69, 9.17) is 0 Å². The van der Waals surface area contributed by atoms with E-state index in [0.717, 1.165) is 38.2 Å². The van der Waals surface area contributed by atoms with Gasteiger partial charge in [0, 0.05) is 39.1 Å². The van der Waals surface area contributed by atoms with Crippen molar-refractivity contribution in [2.24, 2.45) is 7.05 Å². The minimum atomic E-state index is 0.152. The molecule has 15 heavy (non-hydrogen) atoms. The molecule has 0 radical (unpaired) electrons. The minimum absolute atomic E-state index is 0.152. The Morgan fingerprint density at radius 2 is 2.27 bits per heavy atom. The van der Waals surface area contributed by atoms with Crippen LogP contribution in [0.4, 0.5) is 0 Å². The normalized spacial score (nSPS) is 17.5. The predicted molar refractivity (Wildman–Crippen MR) is 58.8 cm³/mol. The van der Waals surface area contributed by atoms with Crippen molar-refractivity contribution in [1.82, 2.24) is 14.8 Å². The Kier molecular flexibility index (Phi) is 3.06. The van der Waals surface area contributed by atoms with Crippen LogP contribution in [0.2, 0.25) is 0 Å². The number of nitrogens with zero attached hydrogens (tertiary/aromatic N) is 2. The lowest BCUT2D eigenvalue weighted by molar-refractivity contribution is 0.0766. The van der Waals surface area contributed by atoms with Gasteiger partial charge in [-0.3, -0.25) is 4.79 Å². The molecule has 1 N–H and O–H groups in total. The monoisotopic (exact) mass is 207 g/mol. The number of rotatable bonds is 1. The van der Waals surface area contributed by atoms with Gasteiger partial charge in [0.15, 0.2) is 0 Å². The number of hydrogen-bond donors (Lipinski definition) is 1. The van der Waals surface area contributed by atoms with Crippen molar-refractivity contribution in [3.8, 4) is 0 Å². The standard InChI is InChI=1S/C11H17N3O/c1-13-7-3-10(9-13)11(15)14-6-2-4-12-5-8-14/h3,7,9,12H,2,4-6,8H2,1H3. The van der Waals surface area contributed by atoms with Gasteiger partial charge in [-0.05, 0) is 19.0 Å². The fourth-order valence-electron chi connectivity index (χ4n) is 1.86. The second kappa shape index (κ2) is 4.49. The van der Waals surface area contributed by atoms with Crippen molar-refractivity contribution in [3.05, 3.63) is 24.0 Å². The van der Waals surface area contributed by atoms with Gasteiger partial charge in [-0.25, -0.2) is 0 Å². The maximum atomic E-state index is 12.1. The lowest BCUT2D eigenvalue weighted by atomic mass is 10.3. The second-order valence-electron chi connectivity index (χ2n) is 3.96. The van der Waals surface area contributed by atoms with E-state index in [1.165, 1.54) is 0 Å². The van der Waals surface area contributed by atoms with Gasteiger partial charge in [-0.2, -0.15) is 0 Å². The van der Waals surface area contributed by atoms with Crippen molar-refractivity contribution in [3.63, 3.8) is 0 Å². The summed E-state index contributed by atoms with van der Waals surface area (Å²) >= 11 is 0. The molecule has 1 aliphatic rings. The molecule has 4 nitrogen and oxygen atoms in total. The van der Waals surface area contributed by atoms with Gasteiger partial charge in [-0.1, -0.05) is 0 Å². The Morgan fingerprint density at radius 1 is 1.40 bits per heavy atom. The highest BCUT2D eigenvalue weighted by Gasteiger charge is 2.17.